The number of aromatic hydroxyl groups is 1. The van der Waals surface area contributed by atoms with Crippen molar-refractivity contribution in [2.45, 2.75) is 43.9 Å². The summed E-state index contributed by atoms with van der Waals surface area (Å²) in [5, 5.41) is 27.7. The Morgan fingerprint density at radius 2 is 1.60 bits per heavy atom. The first kappa shape index (κ1) is 31.7. The summed E-state index contributed by atoms with van der Waals surface area (Å²) < 4.78 is 5.35. The van der Waals surface area contributed by atoms with Crippen molar-refractivity contribution in [2.75, 3.05) is 88.4 Å². The number of fused-ring (bicyclic) bond motifs is 2. The van der Waals surface area contributed by atoms with Gasteiger partial charge in [-0.05, 0) is 62.6 Å². The average Bonchev–Trinajstić information content (AvgIpc) is 3.33. The van der Waals surface area contributed by atoms with Crippen molar-refractivity contribution >= 4 is 17.3 Å². The molecular weight excluding hydrogens is 596 g/mol. The smallest absolute Gasteiger partial charge is 0.329 e. The van der Waals surface area contributed by atoms with E-state index < -0.39 is 5.97 Å². The number of para-hydroxylation sites is 1. The Morgan fingerprint density at radius 1 is 0.872 bits per heavy atom. The fraction of sp³-hybridized carbons (Fsp3) is 0.543. The van der Waals surface area contributed by atoms with Gasteiger partial charge in [-0.15, -0.1) is 0 Å². The third kappa shape index (κ3) is 7.67. The van der Waals surface area contributed by atoms with Crippen molar-refractivity contribution in [3.63, 3.8) is 0 Å². The van der Waals surface area contributed by atoms with Gasteiger partial charge in [0.25, 0.3) is 0 Å². The number of aromatic nitrogens is 3. The van der Waals surface area contributed by atoms with Gasteiger partial charge in [0.1, 0.15) is 12.4 Å². The molecule has 2 atom stereocenters. The zero-order valence-electron chi connectivity index (χ0n) is 27.0. The number of carbonyl (C=O) groups is 1. The number of carboxylic acids is 1. The van der Waals surface area contributed by atoms with E-state index in [2.05, 4.69) is 46.8 Å². The van der Waals surface area contributed by atoms with Crippen molar-refractivity contribution in [2.24, 2.45) is 0 Å². The summed E-state index contributed by atoms with van der Waals surface area (Å²) in [5.41, 5.74) is 4.92. The quantitative estimate of drug-likeness (QED) is 0.285. The first-order valence-electron chi connectivity index (χ1n) is 17.1. The maximum atomic E-state index is 10.6. The first-order chi connectivity index (χ1) is 23.0. The number of piperazine rings is 2. The van der Waals surface area contributed by atoms with Crippen LogP contribution in [0.4, 0.5) is 11.4 Å². The Morgan fingerprint density at radius 3 is 2.34 bits per heavy atom. The molecule has 4 aliphatic rings. The summed E-state index contributed by atoms with van der Waals surface area (Å²) in [6.07, 6.45) is 8.34. The van der Waals surface area contributed by atoms with Crippen LogP contribution in [0.3, 0.4) is 0 Å². The molecule has 1 aromatic carbocycles. The molecule has 6 heterocycles. The molecule has 4 fully saturated rings. The van der Waals surface area contributed by atoms with Crippen LogP contribution in [0.15, 0.2) is 54.9 Å². The maximum absolute atomic E-state index is 10.6. The van der Waals surface area contributed by atoms with E-state index in [1.54, 1.807) is 6.07 Å². The van der Waals surface area contributed by atoms with Gasteiger partial charge in [-0.2, -0.15) is 10.2 Å². The summed E-state index contributed by atoms with van der Waals surface area (Å²) in [4.78, 5) is 27.9. The zero-order valence-corrected chi connectivity index (χ0v) is 27.0. The second-order valence-electron chi connectivity index (χ2n) is 13.4. The predicted molar refractivity (Wildman–Crippen MR) is 180 cm³/mol. The SMILES string of the molecule is O=C(O)COC1CN(CCN2CCN(CCCc3cc(N4C5CCC4CN(c4cnnc(-c6ccccc6O)c4)C5)ccn3)CC2)C1. The molecule has 3 aromatic rings. The number of hydrogen-bond donors (Lipinski definition) is 2. The van der Waals surface area contributed by atoms with Gasteiger partial charge in [0, 0.05) is 101 Å². The molecule has 250 valence electrons. The molecule has 7 rings (SSSR count). The van der Waals surface area contributed by atoms with Crippen LogP contribution >= 0.6 is 0 Å². The van der Waals surface area contributed by atoms with Crippen LogP contribution in [0.1, 0.15) is 25.0 Å². The molecule has 0 spiro atoms. The van der Waals surface area contributed by atoms with Gasteiger partial charge in [-0.3, -0.25) is 14.8 Å². The van der Waals surface area contributed by atoms with Gasteiger partial charge in [-0.1, -0.05) is 12.1 Å². The monoisotopic (exact) mass is 642 g/mol. The lowest BCUT2D eigenvalue weighted by molar-refractivity contribution is -0.148. The fourth-order valence-electron chi connectivity index (χ4n) is 7.65. The van der Waals surface area contributed by atoms with E-state index in [-0.39, 0.29) is 18.5 Å². The number of anilines is 2. The van der Waals surface area contributed by atoms with E-state index >= 15 is 0 Å². The van der Waals surface area contributed by atoms with Crippen molar-refractivity contribution in [3.8, 4) is 17.0 Å². The van der Waals surface area contributed by atoms with Gasteiger partial charge >= 0.3 is 5.97 Å². The molecule has 4 saturated heterocycles. The number of carboxylic acid groups (broad SMARTS) is 1. The molecule has 12 nitrogen and oxygen atoms in total. The number of rotatable bonds is 13. The van der Waals surface area contributed by atoms with E-state index in [0.717, 1.165) is 90.5 Å². The number of aliphatic carboxylic acids is 1. The largest absolute Gasteiger partial charge is 0.507 e. The first-order valence-corrected chi connectivity index (χ1v) is 17.1. The highest BCUT2D eigenvalue weighted by atomic mass is 16.5. The highest BCUT2D eigenvalue weighted by Gasteiger charge is 2.40. The van der Waals surface area contributed by atoms with Crippen LogP contribution in [0, 0.1) is 0 Å². The molecule has 2 N–H and O–H groups in total. The van der Waals surface area contributed by atoms with Crippen LogP contribution in [-0.4, -0.2) is 143 Å². The molecule has 0 radical (unpaired) electrons. The minimum absolute atomic E-state index is 0.0700. The van der Waals surface area contributed by atoms with Crippen LogP contribution in [0.2, 0.25) is 0 Å². The van der Waals surface area contributed by atoms with E-state index in [0.29, 0.717) is 23.3 Å². The Balaban J connectivity index is 0.851. The summed E-state index contributed by atoms with van der Waals surface area (Å²) in [7, 11) is 0. The second kappa shape index (κ2) is 14.5. The van der Waals surface area contributed by atoms with Gasteiger partial charge in [0.05, 0.1) is 23.7 Å². The van der Waals surface area contributed by atoms with E-state index in [1.807, 2.05) is 36.7 Å². The molecule has 47 heavy (non-hydrogen) atoms. The third-order valence-corrected chi connectivity index (χ3v) is 10.2. The number of phenols is 1. The van der Waals surface area contributed by atoms with Crippen LogP contribution in [0.25, 0.3) is 11.3 Å². The lowest BCUT2D eigenvalue weighted by atomic mass is 10.1. The summed E-state index contributed by atoms with van der Waals surface area (Å²) in [6, 6.07) is 14.7. The van der Waals surface area contributed by atoms with Gasteiger partial charge in [0.2, 0.25) is 0 Å². The van der Waals surface area contributed by atoms with Crippen molar-refractivity contribution in [3.05, 3.63) is 60.6 Å². The van der Waals surface area contributed by atoms with Crippen molar-refractivity contribution < 1.29 is 19.7 Å². The Kier molecular flexibility index (Phi) is 9.80. The summed E-state index contributed by atoms with van der Waals surface area (Å²) in [6.45, 7) is 10.9. The Labute approximate surface area is 276 Å². The molecule has 4 aliphatic heterocycles. The molecule has 0 aliphatic carbocycles. The number of phenolic OH excluding ortho intramolecular Hbond substituents is 1. The number of benzene rings is 1. The number of nitrogens with zero attached hydrogens (tertiary/aromatic N) is 8. The minimum atomic E-state index is -0.898. The number of aryl methyl sites for hydroxylation is 1. The zero-order chi connectivity index (χ0) is 32.2. The highest BCUT2D eigenvalue weighted by molar-refractivity contribution is 5.69. The topological polar surface area (TPSA) is 122 Å². The lowest BCUT2D eigenvalue weighted by Gasteiger charge is -2.43. The minimum Gasteiger partial charge on any atom is -0.507 e. The molecule has 2 aromatic heterocycles. The summed E-state index contributed by atoms with van der Waals surface area (Å²) >= 11 is 0. The van der Waals surface area contributed by atoms with Crippen LogP contribution < -0.4 is 9.80 Å². The molecule has 12 heteroatoms. The van der Waals surface area contributed by atoms with Crippen LogP contribution in [-0.2, 0) is 16.0 Å². The maximum Gasteiger partial charge on any atom is 0.329 e. The fourth-order valence-corrected chi connectivity index (χ4v) is 7.65. The average molecular weight is 643 g/mol. The van der Waals surface area contributed by atoms with Crippen molar-refractivity contribution in [1.29, 1.82) is 0 Å². The normalized spacial score (nSPS) is 22.5. The highest BCUT2D eigenvalue weighted by Crippen LogP contribution is 2.37. The molecule has 2 bridgehead atoms. The van der Waals surface area contributed by atoms with Crippen molar-refractivity contribution in [1.82, 2.24) is 29.9 Å². The van der Waals surface area contributed by atoms with Gasteiger partial charge in [0.15, 0.2) is 0 Å². The van der Waals surface area contributed by atoms with E-state index in [4.69, 9.17) is 14.8 Å². The van der Waals surface area contributed by atoms with Gasteiger partial charge < -0.3 is 29.6 Å². The lowest BCUT2D eigenvalue weighted by Crippen LogP contribution is -2.55. The molecule has 0 amide bonds. The Hall–Kier alpha value is -3.84. The number of ether oxygens (including phenoxy) is 1. The molecule has 2 unspecified atom stereocenters. The number of hydrogen-bond acceptors (Lipinski definition) is 11. The second-order valence-corrected chi connectivity index (χ2v) is 13.4. The van der Waals surface area contributed by atoms with E-state index in [1.165, 1.54) is 24.2 Å². The van der Waals surface area contributed by atoms with Crippen LogP contribution in [0.5, 0.6) is 5.75 Å². The Bertz CT molecular complexity index is 1500. The van der Waals surface area contributed by atoms with E-state index in [9.17, 15) is 9.90 Å². The third-order valence-electron chi connectivity index (χ3n) is 10.2. The summed E-state index contributed by atoms with van der Waals surface area (Å²) in [5.74, 6) is -0.678. The molecule has 0 saturated carbocycles. The molecular formula is C35H46N8O4. The number of pyridine rings is 1. The number of likely N-dealkylation sites (tertiary alicyclic amines) is 1. The van der Waals surface area contributed by atoms with Gasteiger partial charge in [-0.25, -0.2) is 4.79 Å². The standard InChI is InChI=1S/C35H46N8O4/c44-34-6-2-1-5-32(34)33-19-30(20-37-38-33)42-21-28-7-8-29(22-42)43(28)27-9-10-36-26(18-27)4-3-11-39-12-14-40(15-13-39)16-17-41-23-31(24-41)47-25-35(45)46/h1-2,5-6,9-10,18-20,28-29,31,44H,3-4,7-8,11-17,21-25H2,(H,45,46). The predicted octanol–water partition coefficient (Wildman–Crippen LogP) is 2.44.